The minimum atomic E-state index is -0.619. The van der Waals surface area contributed by atoms with Gasteiger partial charge < -0.3 is 21.7 Å². The smallest absolute Gasteiger partial charge is 0.249 e. The Balaban J connectivity index is 0.00000225. The first-order valence-electron chi connectivity index (χ1n) is 4.52. The van der Waals surface area contributed by atoms with Crippen molar-refractivity contribution in [2.24, 2.45) is 11.5 Å². The highest BCUT2D eigenvalue weighted by Gasteiger charge is 2.11. The van der Waals surface area contributed by atoms with Crippen molar-refractivity contribution in [1.82, 2.24) is 0 Å². The standard InChI is InChI=1S/C10H14N2O3.ClH/c11-7(5-13)3-6-1-2-8(14)4-9(6)10(12)15;/h1-2,4,7,13-14H,3,5,11H2,(H2,12,15);1H/t7-;/m0./s1. The number of rotatable bonds is 4. The summed E-state index contributed by atoms with van der Waals surface area (Å²) in [6.45, 7) is -0.168. The summed E-state index contributed by atoms with van der Waals surface area (Å²) >= 11 is 0. The summed E-state index contributed by atoms with van der Waals surface area (Å²) in [6.07, 6.45) is 0.342. The van der Waals surface area contributed by atoms with Crippen LogP contribution >= 0.6 is 12.4 Å². The number of hydrogen-bond acceptors (Lipinski definition) is 4. The number of carbonyl (C=O) groups excluding carboxylic acids is 1. The molecule has 0 aliphatic rings. The van der Waals surface area contributed by atoms with Crippen molar-refractivity contribution < 1.29 is 15.0 Å². The number of aromatic hydroxyl groups is 1. The van der Waals surface area contributed by atoms with Crippen molar-refractivity contribution >= 4 is 18.3 Å². The van der Waals surface area contributed by atoms with Crippen LogP contribution in [0.15, 0.2) is 18.2 Å². The Kier molecular flexibility index (Phi) is 5.81. The van der Waals surface area contributed by atoms with E-state index in [0.717, 1.165) is 0 Å². The third kappa shape index (κ3) is 3.69. The van der Waals surface area contributed by atoms with E-state index in [1.54, 1.807) is 6.07 Å². The van der Waals surface area contributed by atoms with Crippen LogP contribution in [0.2, 0.25) is 0 Å². The van der Waals surface area contributed by atoms with E-state index in [-0.39, 0.29) is 30.3 Å². The number of phenols is 1. The van der Waals surface area contributed by atoms with Crippen LogP contribution in [-0.4, -0.2) is 28.8 Å². The van der Waals surface area contributed by atoms with Gasteiger partial charge in [0.05, 0.1) is 6.61 Å². The summed E-state index contributed by atoms with van der Waals surface area (Å²) in [4.78, 5) is 11.1. The quantitative estimate of drug-likeness (QED) is 0.589. The van der Waals surface area contributed by atoms with Gasteiger partial charge in [0.2, 0.25) is 5.91 Å². The van der Waals surface area contributed by atoms with Gasteiger partial charge in [0.25, 0.3) is 0 Å². The molecule has 6 heteroatoms. The minimum Gasteiger partial charge on any atom is -0.508 e. The van der Waals surface area contributed by atoms with Crippen LogP contribution < -0.4 is 11.5 Å². The molecule has 16 heavy (non-hydrogen) atoms. The Hall–Kier alpha value is -1.30. The highest BCUT2D eigenvalue weighted by atomic mass is 35.5. The zero-order valence-electron chi connectivity index (χ0n) is 8.59. The molecule has 0 spiro atoms. The van der Waals surface area contributed by atoms with Gasteiger partial charge in [-0.05, 0) is 24.1 Å². The van der Waals surface area contributed by atoms with Crippen molar-refractivity contribution in [3.8, 4) is 5.75 Å². The van der Waals surface area contributed by atoms with E-state index in [4.69, 9.17) is 16.6 Å². The fraction of sp³-hybridized carbons (Fsp3) is 0.300. The number of hydrogen-bond donors (Lipinski definition) is 4. The molecule has 5 nitrogen and oxygen atoms in total. The van der Waals surface area contributed by atoms with Crippen molar-refractivity contribution in [2.75, 3.05) is 6.61 Å². The maximum Gasteiger partial charge on any atom is 0.249 e. The van der Waals surface area contributed by atoms with Crippen LogP contribution in [0.25, 0.3) is 0 Å². The van der Waals surface area contributed by atoms with Crippen molar-refractivity contribution in [1.29, 1.82) is 0 Å². The van der Waals surface area contributed by atoms with Crippen LogP contribution in [0.4, 0.5) is 0 Å². The maximum absolute atomic E-state index is 11.1. The molecule has 0 radical (unpaired) electrons. The van der Waals surface area contributed by atoms with E-state index in [0.29, 0.717) is 12.0 Å². The zero-order chi connectivity index (χ0) is 11.4. The number of primary amides is 1. The normalized spacial score (nSPS) is 11.6. The number of aliphatic hydroxyl groups is 1. The average Bonchev–Trinajstić information content (AvgIpc) is 2.20. The lowest BCUT2D eigenvalue weighted by Gasteiger charge is -2.11. The van der Waals surface area contributed by atoms with Gasteiger partial charge in [0, 0.05) is 11.6 Å². The molecule has 1 aromatic rings. The Morgan fingerprint density at radius 1 is 1.44 bits per heavy atom. The second-order valence-electron chi connectivity index (χ2n) is 3.35. The Morgan fingerprint density at radius 2 is 2.06 bits per heavy atom. The van der Waals surface area contributed by atoms with Gasteiger partial charge >= 0.3 is 0 Å². The number of phenolic OH excluding ortho intramolecular Hbond substituents is 1. The predicted octanol–water partition coefficient (Wildman–Crippen LogP) is -0.225. The molecule has 0 saturated heterocycles. The molecule has 1 aromatic carbocycles. The van der Waals surface area contributed by atoms with E-state index in [2.05, 4.69) is 0 Å². The van der Waals surface area contributed by atoms with E-state index >= 15 is 0 Å². The number of amides is 1. The number of aliphatic hydroxyl groups excluding tert-OH is 1. The van der Waals surface area contributed by atoms with Crippen LogP contribution in [-0.2, 0) is 6.42 Å². The summed E-state index contributed by atoms with van der Waals surface area (Å²) in [5, 5.41) is 18.0. The summed E-state index contributed by atoms with van der Waals surface area (Å²) in [5.41, 5.74) is 11.6. The first-order chi connectivity index (χ1) is 7.04. The van der Waals surface area contributed by atoms with E-state index in [9.17, 15) is 9.90 Å². The molecule has 0 heterocycles. The van der Waals surface area contributed by atoms with Gasteiger partial charge in [0.15, 0.2) is 0 Å². The highest BCUT2D eigenvalue weighted by molar-refractivity contribution is 5.94. The Labute approximate surface area is 99.5 Å². The van der Waals surface area contributed by atoms with E-state index < -0.39 is 11.9 Å². The Bertz CT molecular complexity index is 371. The first kappa shape index (κ1) is 14.7. The summed E-state index contributed by atoms with van der Waals surface area (Å²) in [5.74, 6) is -0.642. The molecule has 1 rings (SSSR count). The highest BCUT2D eigenvalue weighted by Crippen LogP contribution is 2.17. The van der Waals surface area contributed by atoms with Gasteiger partial charge in [-0.15, -0.1) is 12.4 Å². The van der Waals surface area contributed by atoms with E-state index in [1.807, 2.05) is 0 Å². The van der Waals surface area contributed by atoms with Gasteiger partial charge in [-0.1, -0.05) is 6.07 Å². The van der Waals surface area contributed by atoms with Crippen molar-refractivity contribution in [3.05, 3.63) is 29.3 Å². The molecule has 0 bridgehead atoms. The lowest BCUT2D eigenvalue weighted by molar-refractivity contribution is 0.0998. The van der Waals surface area contributed by atoms with Gasteiger partial charge in [0.1, 0.15) is 5.75 Å². The molecule has 1 atom stereocenters. The Morgan fingerprint density at radius 3 is 2.56 bits per heavy atom. The van der Waals surface area contributed by atoms with Gasteiger partial charge in [-0.3, -0.25) is 4.79 Å². The summed E-state index contributed by atoms with van der Waals surface area (Å²) in [6, 6.07) is 3.88. The zero-order valence-corrected chi connectivity index (χ0v) is 9.41. The van der Waals surface area contributed by atoms with Gasteiger partial charge in [-0.25, -0.2) is 0 Å². The minimum absolute atomic E-state index is 0. The molecule has 90 valence electrons. The van der Waals surface area contributed by atoms with Gasteiger partial charge in [-0.2, -0.15) is 0 Å². The molecule has 0 aromatic heterocycles. The molecule has 0 aliphatic heterocycles. The molecule has 1 amide bonds. The first-order valence-corrected chi connectivity index (χ1v) is 4.52. The second kappa shape index (κ2) is 6.32. The maximum atomic E-state index is 11.1. The van der Waals surface area contributed by atoms with Crippen molar-refractivity contribution in [2.45, 2.75) is 12.5 Å². The largest absolute Gasteiger partial charge is 0.508 e. The number of benzene rings is 1. The molecular formula is C10H15ClN2O3. The molecule has 0 fully saturated rings. The van der Waals surface area contributed by atoms with Crippen LogP contribution in [0.5, 0.6) is 5.75 Å². The van der Waals surface area contributed by atoms with Crippen molar-refractivity contribution in [3.63, 3.8) is 0 Å². The number of carbonyl (C=O) groups is 1. The molecule has 0 unspecified atom stereocenters. The van der Waals surface area contributed by atoms with Crippen LogP contribution in [0, 0.1) is 0 Å². The fourth-order valence-corrected chi connectivity index (χ4v) is 1.32. The summed E-state index contributed by atoms with van der Waals surface area (Å²) in [7, 11) is 0. The van der Waals surface area contributed by atoms with Crippen LogP contribution in [0.3, 0.4) is 0 Å². The molecule has 0 aliphatic carbocycles. The third-order valence-corrected chi connectivity index (χ3v) is 2.08. The number of halogens is 1. The SMILES string of the molecule is Cl.NC(=O)c1cc(O)ccc1C[C@H](N)CO. The topological polar surface area (TPSA) is 110 Å². The molecule has 6 N–H and O–H groups in total. The summed E-state index contributed by atoms with van der Waals surface area (Å²) < 4.78 is 0. The fourth-order valence-electron chi connectivity index (χ4n) is 1.32. The lowest BCUT2D eigenvalue weighted by Crippen LogP contribution is -2.28. The van der Waals surface area contributed by atoms with Crippen LogP contribution in [0.1, 0.15) is 15.9 Å². The lowest BCUT2D eigenvalue weighted by atomic mass is 10.00. The average molecular weight is 247 g/mol. The van der Waals surface area contributed by atoms with E-state index in [1.165, 1.54) is 12.1 Å². The number of nitrogens with two attached hydrogens (primary N) is 2. The monoisotopic (exact) mass is 246 g/mol. The predicted molar refractivity (Wildman–Crippen MR) is 62.6 cm³/mol. The second-order valence-corrected chi connectivity index (χ2v) is 3.35. The third-order valence-electron chi connectivity index (χ3n) is 2.08. The molecule has 0 saturated carbocycles. The molecular weight excluding hydrogens is 232 g/mol.